The lowest BCUT2D eigenvalue weighted by Crippen LogP contribution is -2.59. The van der Waals surface area contributed by atoms with E-state index in [2.05, 4.69) is 4.90 Å². The molecule has 7 heteroatoms. The maximum Gasteiger partial charge on any atom is 0.227 e. The molecule has 2 heterocycles. The van der Waals surface area contributed by atoms with Crippen molar-refractivity contribution in [1.29, 1.82) is 0 Å². The van der Waals surface area contributed by atoms with E-state index in [9.17, 15) is 14.7 Å². The van der Waals surface area contributed by atoms with Crippen molar-refractivity contribution in [2.75, 3.05) is 45.5 Å². The second kappa shape index (κ2) is 9.08. The van der Waals surface area contributed by atoms with Crippen molar-refractivity contribution in [2.24, 2.45) is 0 Å². The zero-order valence-electron chi connectivity index (χ0n) is 16.1. The van der Waals surface area contributed by atoms with Crippen LogP contribution in [0.15, 0.2) is 29.2 Å². The van der Waals surface area contributed by atoms with E-state index in [-0.39, 0.29) is 24.0 Å². The highest BCUT2D eigenvalue weighted by atomic mass is 32.2. The highest BCUT2D eigenvalue weighted by Crippen LogP contribution is 2.19. The normalized spacial score (nSPS) is 23.7. The minimum Gasteiger partial charge on any atom is -0.392 e. The molecule has 0 aliphatic carbocycles. The number of rotatable bonds is 5. The van der Waals surface area contributed by atoms with Crippen LogP contribution in [0.2, 0.25) is 0 Å². The molecule has 1 aromatic carbocycles. The predicted octanol–water partition coefficient (Wildman–Crippen LogP) is 1.08. The average molecular weight is 392 g/mol. The number of hydrogen-bond acceptors (Lipinski definition) is 5. The fourth-order valence-corrected chi connectivity index (χ4v) is 4.33. The van der Waals surface area contributed by atoms with Crippen molar-refractivity contribution in [3.63, 3.8) is 0 Å². The smallest absolute Gasteiger partial charge is 0.227 e. The minimum atomic E-state index is -0.281. The number of aliphatic hydroxyl groups excluding tert-OH is 1. The lowest BCUT2D eigenvalue weighted by Gasteiger charge is -2.42. The second-order valence-corrected chi connectivity index (χ2v) is 8.31. The van der Waals surface area contributed by atoms with Crippen molar-refractivity contribution in [3.05, 3.63) is 29.8 Å². The van der Waals surface area contributed by atoms with Crippen LogP contribution in [0.25, 0.3) is 0 Å². The Hall–Kier alpha value is -1.57. The molecule has 2 saturated heterocycles. The molecule has 6 nitrogen and oxygen atoms in total. The molecule has 3 rings (SSSR count). The number of carbonyl (C=O) groups is 2. The van der Waals surface area contributed by atoms with Crippen LogP contribution in [0.1, 0.15) is 18.9 Å². The van der Waals surface area contributed by atoms with Gasteiger partial charge in [-0.2, -0.15) is 0 Å². The highest BCUT2D eigenvalue weighted by molar-refractivity contribution is 7.98. The molecule has 0 radical (unpaired) electrons. The fraction of sp³-hybridized carbons (Fsp3) is 0.600. The zero-order chi connectivity index (χ0) is 19.4. The summed E-state index contributed by atoms with van der Waals surface area (Å²) < 4.78 is 0. The summed E-state index contributed by atoms with van der Waals surface area (Å²) in [6.45, 7) is 5.51. The number of thioether (sulfide) groups is 1. The Balaban J connectivity index is 1.67. The van der Waals surface area contributed by atoms with E-state index in [0.717, 1.165) is 18.5 Å². The summed E-state index contributed by atoms with van der Waals surface area (Å²) in [7, 11) is 0. The van der Waals surface area contributed by atoms with Crippen LogP contribution in [-0.2, 0) is 16.0 Å². The number of hydrogen-bond donors (Lipinski definition) is 1. The molecule has 0 spiro atoms. The number of aliphatic hydroxyl groups is 1. The Morgan fingerprint density at radius 1 is 1.15 bits per heavy atom. The molecule has 2 amide bonds. The third-order valence-electron chi connectivity index (χ3n) is 5.48. The van der Waals surface area contributed by atoms with Gasteiger partial charge in [0.2, 0.25) is 11.8 Å². The maximum absolute atomic E-state index is 13.0. The van der Waals surface area contributed by atoms with Gasteiger partial charge in [-0.15, -0.1) is 11.8 Å². The van der Waals surface area contributed by atoms with Crippen molar-refractivity contribution >= 4 is 23.6 Å². The summed E-state index contributed by atoms with van der Waals surface area (Å²) in [6, 6.07) is 8.10. The van der Waals surface area contributed by atoms with Gasteiger partial charge in [0, 0.05) is 51.1 Å². The summed E-state index contributed by atoms with van der Waals surface area (Å²) in [5.74, 6) is 0.168. The van der Waals surface area contributed by atoms with Crippen LogP contribution in [0.4, 0.5) is 0 Å². The number of β-amino-alcohol motifs (C(OH)–C–C–N with tert-alkyl or cyclic N) is 1. The fourth-order valence-electron chi connectivity index (χ4n) is 3.92. The second-order valence-electron chi connectivity index (χ2n) is 7.43. The topological polar surface area (TPSA) is 64.1 Å². The highest BCUT2D eigenvalue weighted by Gasteiger charge is 2.34. The first-order valence-corrected chi connectivity index (χ1v) is 10.8. The van der Waals surface area contributed by atoms with Crippen molar-refractivity contribution in [1.82, 2.24) is 14.7 Å². The molecule has 27 heavy (non-hydrogen) atoms. The minimum absolute atomic E-state index is 0.0223. The van der Waals surface area contributed by atoms with Crippen LogP contribution < -0.4 is 0 Å². The Labute approximate surface area is 165 Å². The molecule has 2 fully saturated rings. The molecule has 2 aliphatic heterocycles. The van der Waals surface area contributed by atoms with Gasteiger partial charge in [-0.05, 0) is 30.4 Å². The summed E-state index contributed by atoms with van der Waals surface area (Å²) in [5, 5.41) is 9.79. The van der Waals surface area contributed by atoms with E-state index < -0.39 is 0 Å². The van der Waals surface area contributed by atoms with E-state index in [1.165, 1.54) is 4.90 Å². The number of benzene rings is 1. The van der Waals surface area contributed by atoms with E-state index in [4.69, 9.17) is 0 Å². The first-order chi connectivity index (χ1) is 13.0. The van der Waals surface area contributed by atoms with Gasteiger partial charge in [0.05, 0.1) is 18.6 Å². The molecule has 1 aromatic rings. The molecule has 0 saturated carbocycles. The van der Waals surface area contributed by atoms with Crippen molar-refractivity contribution in [2.45, 2.75) is 36.8 Å². The van der Waals surface area contributed by atoms with Crippen LogP contribution >= 0.6 is 11.8 Å². The Morgan fingerprint density at radius 3 is 2.48 bits per heavy atom. The Morgan fingerprint density at radius 2 is 1.89 bits per heavy atom. The number of amides is 2. The van der Waals surface area contributed by atoms with E-state index in [0.29, 0.717) is 39.1 Å². The molecule has 1 N–H and O–H groups in total. The lowest BCUT2D eigenvalue weighted by atomic mass is 10.1. The third-order valence-corrected chi connectivity index (χ3v) is 6.22. The number of nitrogens with zero attached hydrogens (tertiary/aromatic N) is 3. The standard InChI is InChI=1S/C20H29N3O3S/c1-15(24)22-9-10-23(17(13-22)12-21-8-7-18(25)14-21)20(26)11-16-3-5-19(27-2)6-4-16/h3-6,17-18,25H,7-14H2,1-2H3/t17-,18+/m1/s1. The summed E-state index contributed by atoms with van der Waals surface area (Å²) >= 11 is 1.69. The molecule has 148 valence electrons. The van der Waals surface area contributed by atoms with Crippen molar-refractivity contribution in [3.8, 4) is 0 Å². The third kappa shape index (κ3) is 5.24. The van der Waals surface area contributed by atoms with E-state index in [1.54, 1.807) is 18.7 Å². The number of piperazine rings is 1. The monoisotopic (exact) mass is 391 g/mol. The first kappa shape index (κ1) is 20.2. The van der Waals surface area contributed by atoms with Gasteiger partial charge < -0.3 is 14.9 Å². The lowest BCUT2D eigenvalue weighted by molar-refractivity contribution is -0.142. The van der Waals surface area contributed by atoms with Gasteiger partial charge in [-0.25, -0.2) is 0 Å². The van der Waals surface area contributed by atoms with Crippen LogP contribution in [-0.4, -0.2) is 89.3 Å². The Bertz CT molecular complexity index is 667. The van der Waals surface area contributed by atoms with Gasteiger partial charge in [0.1, 0.15) is 0 Å². The van der Waals surface area contributed by atoms with Crippen LogP contribution in [0.3, 0.4) is 0 Å². The van der Waals surface area contributed by atoms with Crippen molar-refractivity contribution < 1.29 is 14.7 Å². The molecule has 0 unspecified atom stereocenters. The summed E-state index contributed by atoms with van der Waals surface area (Å²) in [6.07, 6.45) is 2.91. The molecular formula is C20H29N3O3S. The average Bonchev–Trinajstić information content (AvgIpc) is 3.07. The zero-order valence-corrected chi connectivity index (χ0v) is 17.0. The van der Waals surface area contributed by atoms with Gasteiger partial charge in [0.15, 0.2) is 0 Å². The molecule has 0 bridgehead atoms. The SMILES string of the molecule is CSc1ccc(CC(=O)N2CCN(C(C)=O)C[C@H]2CN2CC[C@H](O)C2)cc1. The largest absolute Gasteiger partial charge is 0.392 e. The number of carbonyl (C=O) groups excluding carboxylic acids is 2. The maximum atomic E-state index is 13.0. The predicted molar refractivity (Wildman–Crippen MR) is 107 cm³/mol. The Kier molecular flexibility index (Phi) is 6.78. The number of likely N-dealkylation sites (tertiary alicyclic amines) is 1. The van der Waals surface area contributed by atoms with Gasteiger partial charge >= 0.3 is 0 Å². The van der Waals surface area contributed by atoms with Gasteiger partial charge in [0.25, 0.3) is 0 Å². The summed E-state index contributed by atoms with van der Waals surface area (Å²) in [4.78, 5) is 32.0. The van der Waals surface area contributed by atoms with Gasteiger partial charge in [-0.3, -0.25) is 14.5 Å². The summed E-state index contributed by atoms with van der Waals surface area (Å²) in [5.41, 5.74) is 1.02. The van der Waals surface area contributed by atoms with E-state index in [1.807, 2.05) is 40.3 Å². The molecule has 2 atom stereocenters. The first-order valence-electron chi connectivity index (χ1n) is 9.54. The van der Waals surface area contributed by atoms with Crippen LogP contribution in [0.5, 0.6) is 0 Å². The molecular weight excluding hydrogens is 362 g/mol. The van der Waals surface area contributed by atoms with E-state index >= 15 is 0 Å². The van der Waals surface area contributed by atoms with Gasteiger partial charge in [-0.1, -0.05) is 12.1 Å². The quantitative estimate of drug-likeness (QED) is 0.761. The van der Waals surface area contributed by atoms with Crippen LogP contribution in [0, 0.1) is 0 Å². The molecule has 0 aromatic heterocycles. The molecule has 2 aliphatic rings.